The predicted octanol–water partition coefficient (Wildman–Crippen LogP) is -0.210. The van der Waals surface area contributed by atoms with Gasteiger partial charge in [0.1, 0.15) is 16.9 Å². The first-order valence-corrected chi connectivity index (χ1v) is 5.56. The van der Waals surface area contributed by atoms with Crippen LogP contribution < -0.4 is 0 Å². The van der Waals surface area contributed by atoms with Crippen LogP contribution in [0, 0.1) is 0 Å². The van der Waals surface area contributed by atoms with Crippen molar-refractivity contribution >= 4 is 23.5 Å². The van der Waals surface area contributed by atoms with Gasteiger partial charge in [0.05, 0.1) is 18.5 Å². The predicted molar refractivity (Wildman–Crippen MR) is 60.1 cm³/mol. The van der Waals surface area contributed by atoms with E-state index in [9.17, 15) is 14.7 Å². The van der Waals surface area contributed by atoms with Gasteiger partial charge in [0.15, 0.2) is 0 Å². The van der Waals surface area contributed by atoms with Gasteiger partial charge in [0, 0.05) is 13.0 Å². The number of hydrogen-bond donors (Lipinski definition) is 2. The SMILES string of the molecule is O=C(O)[C@@H]1C[C@@H](O)CN1C(=O)c1cncc(Cl)n1. The maximum absolute atomic E-state index is 12.0. The fourth-order valence-corrected chi connectivity index (χ4v) is 2.01. The first-order valence-electron chi connectivity index (χ1n) is 5.18. The van der Waals surface area contributed by atoms with Crippen molar-refractivity contribution in [1.82, 2.24) is 14.9 Å². The van der Waals surface area contributed by atoms with E-state index in [0.29, 0.717) is 0 Å². The van der Waals surface area contributed by atoms with Gasteiger partial charge in [-0.3, -0.25) is 9.78 Å². The van der Waals surface area contributed by atoms with Crippen LogP contribution in [0.25, 0.3) is 0 Å². The van der Waals surface area contributed by atoms with Crippen molar-refractivity contribution in [2.45, 2.75) is 18.6 Å². The Morgan fingerprint density at radius 2 is 2.17 bits per heavy atom. The monoisotopic (exact) mass is 271 g/mol. The zero-order chi connectivity index (χ0) is 13.3. The third-order valence-corrected chi connectivity index (χ3v) is 2.83. The normalized spacial score (nSPS) is 23.1. The molecule has 0 radical (unpaired) electrons. The number of aliphatic hydroxyl groups excluding tert-OH is 1. The molecule has 1 fully saturated rings. The lowest BCUT2D eigenvalue weighted by atomic mass is 10.2. The molecule has 7 nitrogen and oxygen atoms in total. The average molecular weight is 272 g/mol. The maximum Gasteiger partial charge on any atom is 0.326 e. The molecule has 1 aromatic heterocycles. The maximum atomic E-state index is 12.0. The first-order chi connectivity index (χ1) is 8.49. The van der Waals surface area contributed by atoms with Crippen molar-refractivity contribution in [3.8, 4) is 0 Å². The van der Waals surface area contributed by atoms with Crippen molar-refractivity contribution in [1.29, 1.82) is 0 Å². The molecule has 0 unspecified atom stereocenters. The lowest BCUT2D eigenvalue weighted by Crippen LogP contribution is -2.41. The number of amides is 1. The average Bonchev–Trinajstić information content (AvgIpc) is 2.70. The lowest BCUT2D eigenvalue weighted by Gasteiger charge is -2.20. The van der Waals surface area contributed by atoms with Gasteiger partial charge < -0.3 is 15.1 Å². The Balaban J connectivity index is 2.25. The first kappa shape index (κ1) is 12.7. The number of aromatic nitrogens is 2. The number of β-amino-alcohol motifs (C(OH)–C–C–N with tert-alkyl or cyclic N) is 1. The van der Waals surface area contributed by atoms with E-state index < -0.39 is 24.0 Å². The second-order valence-electron chi connectivity index (χ2n) is 3.93. The Morgan fingerprint density at radius 3 is 2.78 bits per heavy atom. The summed E-state index contributed by atoms with van der Waals surface area (Å²) in [4.78, 5) is 31.6. The van der Waals surface area contributed by atoms with Crippen LogP contribution >= 0.6 is 11.6 Å². The van der Waals surface area contributed by atoms with Gasteiger partial charge in [-0.25, -0.2) is 9.78 Å². The zero-order valence-electron chi connectivity index (χ0n) is 9.15. The number of likely N-dealkylation sites (tertiary alicyclic amines) is 1. The van der Waals surface area contributed by atoms with E-state index in [0.717, 1.165) is 4.90 Å². The van der Waals surface area contributed by atoms with Crippen LogP contribution in [0.1, 0.15) is 16.9 Å². The van der Waals surface area contributed by atoms with Crippen LogP contribution in [0.5, 0.6) is 0 Å². The number of rotatable bonds is 2. The number of carboxylic acids is 1. The second kappa shape index (κ2) is 4.87. The lowest BCUT2D eigenvalue weighted by molar-refractivity contribution is -0.141. The topological polar surface area (TPSA) is 104 Å². The highest BCUT2D eigenvalue weighted by molar-refractivity contribution is 6.29. The number of aliphatic carboxylic acids is 1. The summed E-state index contributed by atoms with van der Waals surface area (Å²) in [7, 11) is 0. The van der Waals surface area contributed by atoms with E-state index in [4.69, 9.17) is 16.7 Å². The van der Waals surface area contributed by atoms with E-state index in [1.54, 1.807) is 0 Å². The van der Waals surface area contributed by atoms with Crippen molar-refractivity contribution < 1.29 is 19.8 Å². The van der Waals surface area contributed by atoms with Gasteiger partial charge >= 0.3 is 5.97 Å². The van der Waals surface area contributed by atoms with Crippen molar-refractivity contribution in [3.63, 3.8) is 0 Å². The molecule has 1 aromatic rings. The standard InChI is InChI=1S/C10H10ClN3O4/c11-8-3-12-2-6(13-8)9(16)14-4-5(15)1-7(14)10(17)18/h2-3,5,7,15H,1,4H2,(H,17,18)/t5-,7+/m1/s1. The van der Waals surface area contributed by atoms with Crippen molar-refractivity contribution in [3.05, 3.63) is 23.2 Å². The molecule has 2 rings (SSSR count). The molecule has 0 saturated carbocycles. The molecule has 0 aromatic carbocycles. The third kappa shape index (κ3) is 2.41. The van der Waals surface area contributed by atoms with Gasteiger partial charge in [0.25, 0.3) is 5.91 Å². The van der Waals surface area contributed by atoms with E-state index in [2.05, 4.69) is 9.97 Å². The van der Waals surface area contributed by atoms with E-state index in [1.807, 2.05) is 0 Å². The Labute approximate surface area is 107 Å². The summed E-state index contributed by atoms with van der Waals surface area (Å²) in [5, 5.41) is 18.5. The molecule has 2 heterocycles. The fourth-order valence-electron chi connectivity index (χ4n) is 1.86. The Kier molecular flexibility index (Phi) is 3.44. The van der Waals surface area contributed by atoms with Crippen LogP contribution in [-0.4, -0.2) is 55.6 Å². The molecule has 2 N–H and O–H groups in total. The molecule has 8 heteroatoms. The molecule has 1 aliphatic heterocycles. The van der Waals surface area contributed by atoms with Crippen LogP contribution in [0.3, 0.4) is 0 Å². The minimum atomic E-state index is -1.16. The number of carboxylic acid groups (broad SMARTS) is 1. The molecule has 0 bridgehead atoms. The van der Waals surface area contributed by atoms with Crippen LogP contribution in [0.2, 0.25) is 5.15 Å². The van der Waals surface area contributed by atoms with Gasteiger partial charge in [-0.05, 0) is 0 Å². The van der Waals surface area contributed by atoms with Gasteiger partial charge in [-0.2, -0.15) is 0 Å². The summed E-state index contributed by atoms with van der Waals surface area (Å²) in [6, 6.07) is -1.05. The summed E-state index contributed by atoms with van der Waals surface area (Å²) in [6.45, 7) is -0.0377. The molecule has 0 aliphatic carbocycles. The van der Waals surface area contributed by atoms with Gasteiger partial charge in [0.2, 0.25) is 0 Å². The summed E-state index contributed by atoms with van der Waals surface area (Å²) in [5.41, 5.74) is -0.0390. The minimum Gasteiger partial charge on any atom is -0.480 e. The van der Waals surface area contributed by atoms with E-state index in [-0.39, 0.29) is 23.8 Å². The Morgan fingerprint density at radius 1 is 1.44 bits per heavy atom. The minimum absolute atomic E-state index is 0.00900. The number of nitrogens with zero attached hydrogens (tertiary/aromatic N) is 3. The molecular weight excluding hydrogens is 262 g/mol. The van der Waals surface area contributed by atoms with Gasteiger partial charge in [-0.1, -0.05) is 11.6 Å². The largest absolute Gasteiger partial charge is 0.480 e. The fraction of sp³-hybridized carbons (Fsp3) is 0.400. The van der Waals surface area contributed by atoms with E-state index >= 15 is 0 Å². The molecule has 18 heavy (non-hydrogen) atoms. The summed E-state index contributed by atoms with van der Waals surface area (Å²) >= 11 is 5.61. The van der Waals surface area contributed by atoms with Crippen molar-refractivity contribution in [2.75, 3.05) is 6.54 Å². The number of aliphatic hydroxyl groups is 1. The van der Waals surface area contributed by atoms with Crippen LogP contribution in [0.4, 0.5) is 0 Å². The Bertz CT molecular complexity index is 496. The van der Waals surface area contributed by atoms with E-state index in [1.165, 1.54) is 12.4 Å². The number of carbonyl (C=O) groups is 2. The highest BCUT2D eigenvalue weighted by Gasteiger charge is 2.39. The van der Waals surface area contributed by atoms with Crippen LogP contribution in [0.15, 0.2) is 12.4 Å². The molecule has 2 atom stereocenters. The molecule has 1 saturated heterocycles. The smallest absolute Gasteiger partial charge is 0.326 e. The molecule has 96 valence electrons. The molecule has 1 aliphatic rings. The quantitative estimate of drug-likeness (QED) is 0.771. The summed E-state index contributed by atoms with van der Waals surface area (Å²) < 4.78 is 0. The molecular formula is C10H10ClN3O4. The highest BCUT2D eigenvalue weighted by Crippen LogP contribution is 2.20. The number of halogens is 1. The van der Waals surface area contributed by atoms with Gasteiger partial charge in [-0.15, -0.1) is 0 Å². The Hall–Kier alpha value is -1.73. The number of hydrogen-bond acceptors (Lipinski definition) is 5. The summed E-state index contributed by atoms with van der Waals surface area (Å²) in [6.07, 6.45) is 1.64. The molecule has 0 spiro atoms. The summed E-state index contributed by atoms with van der Waals surface area (Å²) in [5.74, 6) is -1.76. The van der Waals surface area contributed by atoms with Crippen LogP contribution in [-0.2, 0) is 4.79 Å². The second-order valence-corrected chi connectivity index (χ2v) is 4.32. The highest BCUT2D eigenvalue weighted by atomic mass is 35.5. The molecule has 1 amide bonds. The zero-order valence-corrected chi connectivity index (χ0v) is 9.91. The number of carbonyl (C=O) groups excluding carboxylic acids is 1. The van der Waals surface area contributed by atoms with Crippen molar-refractivity contribution in [2.24, 2.45) is 0 Å². The third-order valence-electron chi connectivity index (χ3n) is 2.65.